The van der Waals surface area contributed by atoms with Crippen molar-refractivity contribution >= 4 is 23.6 Å². The first kappa shape index (κ1) is 22.1. The molecule has 0 radical (unpaired) electrons. The van der Waals surface area contributed by atoms with Crippen LogP contribution in [0.2, 0.25) is 0 Å². The third kappa shape index (κ3) is 4.07. The first-order chi connectivity index (χ1) is 14.8. The van der Waals surface area contributed by atoms with Crippen molar-refractivity contribution in [2.75, 3.05) is 13.2 Å². The van der Waals surface area contributed by atoms with Crippen molar-refractivity contribution in [3.05, 3.63) is 40.4 Å². The van der Waals surface area contributed by atoms with Crippen molar-refractivity contribution in [2.45, 2.75) is 50.3 Å². The Morgan fingerprint density at radius 1 is 1.39 bits per heavy atom. The molecule has 0 bridgehead atoms. The molecule has 3 heterocycles. The maximum atomic E-state index is 12.5. The second kappa shape index (κ2) is 8.82. The lowest BCUT2D eigenvalue weighted by atomic mass is 9.79. The molecule has 1 amide bonds. The van der Waals surface area contributed by atoms with Crippen molar-refractivity contribution < 1.29 is 24.5 Å². The van der Waals surface area contributed by atoms with Crippen LogP contribution in [0.4, 0.5) is 0 Å². The Bertz CT molecular complexity index is 888. The number of amides is 1. The molecule has 6 atom stereocenters. The zero-order chi connectivity index (χ0) is 22.3. The minimum absolute atomic E-state index is 0.0871. The molecule has 0 spiro atoms. The number of benzene rings is 1. The van der Waals surface area contributed by atoms with E-state index in [0.717, 1.165) is 29.2 Å². The van der Waals surface area contributed by atoms with Gasteiger partial charge in [-0.2, -0.15) is 0 Å². The number of fused-ring (bicyclic) bond motifs is 1. The van der Waals surface area contributed by atoms with Gasteiger partial charge in [0, 0.05) is 35.2 Å². The van der Waals surface area contributed by atoms with Crippen molar-refractivity contribution in [2.24, 2.45) is 17.6 Å². The molecular weight excluding hydrogens is 418 g/mol. The Balaban J connectivity index is 1.38. The van der Waals surface area contributed by atoms with Gasteiger partial charge in [0.05, 0.1) is 18.1 Å². The number of nitrogens with one attached hydrogen (secondary N) is 1. The SMILES string of the molecule is C[C@@H](O)[C@H]1C(=O)N2C(C(=O)O)=C(S[C@@H]3CN[C@H](COc4ccc(CN)cc4)C3)[C@H](C)[C@H]12. The van der Waals surface area contributed by atoms with E-state index in [1.165, 1.54) is 4.90 Å². The predicted molar refractivity (Wildman–Crippen MR) is 117 cm³/mol. The van der Waals surface area contributed by atoms with Gasteiger partial charge in [-0.25, -0.2) is 4.79 Å². The number of hydrogen-bond donors (Lipinski definition) is 4. The lowest BCUT2D eigenvalue weighted by Crippen LogP contribution is -2.63. The fourth-order valence-electron chi connectivity index (χ4n) is 4.78. The molecule has 3 aliphatic rings. The highest BCUT2D eigenvalue weighted by Gasteiger charge is 2.60. The van der Waals surface area contributed by atoms with E-state index in [0.29, 0.717) is 13.2 Å². The summed E-state index contributed by atoms with van der Waals surface area (Å²) in [4.78, 5) is 26.5. The maximum Gasteiger partial charge on any atom is 0.353 e. The predicted octanol–water partition coefficient (Wildman–Crippen LogP) is 1.14. The second-order valence-electron chi connectivity index (χ2n) is 8.51. The van der Waals surface area contributed by atoms with Crippen LogP contribution in [0, 0.1) is 11.8 Å². The standard InChI is InChI=1S/C22H29N3O5S/c1-11-18-17(12(2)26)21(27)25(18)19(22(28)29)20(11)31-16-7-14(24-9-16)10-30-15-5-3-13(8-23)4-6-15/h3-6,11-12,14,16-18,24,26H,7-10,23H2,1-2H3,(H,28,29)/t11-,12-,14+,16+,17-,18-/m1/s1. The Morgan fingerprint density at radius 2 is 2.10 bits per heavy atom. The highest BCUT2D eigenvalue weighted by Crippen LogP contribution is 2.51. The number of thioether (sulfide) groups is 1. The van der Waals surface area contributed by atoms with Gasteiger partial charge >= 0.3 is 5.97 Å². The molecule has 1 aromatic carbocycles. The summed E-state index contributed by atoms with van der Waals surface area (Å²) in [5, 5.41) is 23.4. The summed E-state index contributed by atoms with van der Waals surface area (Å²) in [7, 11) is 0. The van der Waals surface area contributed by atoms with Crippen LogP contribution in [0.3, 0.4) is 0 Å². The molecule has 168 valence electrons. The van der Waals surface area contributed by atoms with E-state index in [1.807, 2.05) is 31.2 Å². The number of carboxylic acid groups (broad SMARTS) is 1. The van der Waals surface area contributed by atoms with Gasteiger partial charge in [-0.15, -0.1) is 11.8 Å². The summed E-state index contributed by atoms with van der Waals surface area (Å²) in [6, 6.07) is 7.61. The summed E-state index contributed by atoms with van der Waals surface area (Å²) in [5.41, 5.74) is 6.76. The number of aliphatic hydroxyl groups excluding tert-OH is 1. The lowest BCUT2D eigenvalue weighted by molar-refractivity contribution is -0.163. The average molecular weight is 448 g/mol. The number of ether oxygens (including phenoxy) is 1. The molecule has 31 heavy (non-hydrogen) atoms. The molecule has 5 N–H and O–H groups in total. The minimum atomic E-state index is -1.08. The fourth-order valence-corrected chi connectivity index (χ4v) is 6.29. The molecule has 0 unspecified atom stereocenters. The van der Waals surface area contributed by atoms with Gasteiger partial charge in [0.15, 0.2) is 0 Å². The number of carbonyl (C=O) groups excluding carboxylic acids is 1. The molecule has 2 saturated heterocycles. The van der Waals surface area contributed by atoms with E-state index in [1.54, 1.807) is 18.7 Å². The minimum Gasteiger partial charge on any atom is -0.492 e. The number of carbonyl (C=O) groups is 2. The van der Waals surface area contributed by atoms with E-state index >= 15 is 0 Å². The Kier molecular flexibility index (Phi) is 6.30. The van der Waals surface area contributed by atoms with Gasteiger partial charge in [0.1, 0.15) is 18.1 Å². The van der Waals surface area contributed by atoms with E-state index in [4.69, 9.17) is 10.5 Å². The monoisotopic (exact) mass is 447 g/mol. The van der Waals surface area contributed by atoms with Crippen molar-refractivity contribution in [1.82, 2.24) is 10.2 Å². The number of nitrogens with zero attached hydrogens (tertiary/aromatic N) is 1. The van der Waals surface area contributed by atoms with Crippen LogP contribution < -0.4 is 15.8 Å². The number of nitrogens with two attached hydrogens (primary N) is 1. The van der Waals surface area contributed by atoms with Crippen LogP contribution >= 0.6 is 11.8 Å². The normalized spacial score (nSPS) is 30.9. The van der Waals surface area contributed by atoms with Gasteiger partial charge < -0.3 is 30.9 Å². The molecule has 2 fully saturated rings. The Labute approximate surface area is 185 Å². The van der Waals surface area contributed by atoms with Gasteiger partial charge in [-0.3, -0.25) is 4.79 Å². The van der Waals surface area contributed by atoms with Crippen LogP contribution in [0.25, 0.3) is 0 Å². The zero-order valence-corrected chi connectivity index (χ0v) is 18.5. The zero-order valence-electron chi connectivity index (χ0n) is 17.7. The maximum absolute atomic E-state index is 12.5. The summed E-state index contributed by atoms with van der Waals surface area (Å²) in [6.07, 6.45) is 0.0526. The number of rotatable bonds is 8. The topological polar surface area (TPSA) is 125 Å². The van der Waals surface area contributed by atoms with Crippen LogP contribution in [-0.2, 0) is 16.1 Å². The molecule has 4 rings (SSSR count). The summed E-state index contributed by atoms with van der Waals surface area (Å²) in [6.45, 7) is 5.31. The van der Waals surface area contributed by atoms with Gasteiger partial charge in [-0.05, 0) is 31.0 Å². The summed E-state index contributed by atoms with van der Waals surface area (Å²) in [5.74, 6) is -1.22. The third-order valence-electron chi connectivity index (χ3n) is 6.40. The van der Waals surface area contributed by atoms with E-state index < -0.39 is 18.0 Å². The second-order valence-corrected chi connectivity index (χ2v) is 9.85. The molecule has 0 aromatic heterocycles. The number of hydrogen-bond acceptors (Lipinski definition) is 7. The average Bonchev–Trinajstić information content (AvgIpc) is 3.28. The first-order valence-corrected chi connectivity index (χ1v) is 11.5. The summed E-state index contributed by atoms with van der Waals surface area (Å²) < 4.78 is 5.89. The third-order valence-corrected chi connectivity index (χ3v) is 7.91. The first-order valence-electron chi connectivity index (χ1n) is 10.6. The van der Waals surface area contributed by atoms with Crippen LogP contribution in [0.15, 0.2) is 34.9 Å². The quantitative estimate of drug-likeness (QED) is 0.437. The van der Waals surface area contributed by atoms with Crippen LogP contribution in [0.1, 0.15) is 25.8 Å². The molecule has 8 nitrogen and oxygen atoms in total. The molecule has 3 aliphatic heterocycles. The van der Waals surface area contributed by atoms with Gasteiger partial charge in [-0.1, -0.05) is 19.1 Å². The molecule has 0 aliphatic carbocycles. The van der Waals surface area contributed by atoms with Crippen molar-refractivity contribution in [3.8, 4) is 5.75 Å². The highest BCUT2D eigenvalue weighted by atomic mass is 32.2. The molecular formula is C22H29N3O5S. The number of carboxylic acids is 1. The van der Waals surface area contributed by atoms with Crippen LogP contribution in [-0.4, -0.2) is 63.6 Å². The summed E-state index contributed by atoms with van der Waals surface area (Å²) >= 11 is 1.54. The highest BCUT2D eigenvalue weighted by molar-refractivity contribution is 8.03. The van der Waals surface area contributed by atoms with E-state index in [-0.39, 0.29) is 34.9 Å². The Hall–Kier alpha value is -2.07. The Morgan fingerprint density at radius 3 is 2.71 bits per heavy atom. The van der Waals surface area contributed by atoms with Gasteiger partial charge in [0.25, 0.3) is 0 Å². The van der Waals surface area contributed by atoms with Crippen molar-refractivity contribution in [1.29, 1.82) is 0 Å². The van der Waals surface area contributed by atoms with E-state index in [2.05, 4.69) is 5.32 Å². The number of β-lactam (4-membered cyclic amide) rings is 1. The van der Waals surface area contributed by atoms with Crippen LogP contribution in [0.5, 0.6) is 5.75 Å². The lowest BCUT2D eigenvalue weighted by Gasteiger charge is -2.46. The molecule has 1 aromatic rings. The van der Waals surface area contributed by atoms with Gasteiger partial charge in [0.2, 0.25) is 5.91 Å². The fraction of sp³-hybridized carbons (Fsp3) is 0.545. The number of aliphatic carboxylic acids is 1. The van der Waals surface area contributed by atoms with E-state index in [9.17, 15) is 19.8 Å². The smallest absolute Gasteiger partial charge is 0.353 e. The molecule has 0 saturated carbocycles. The largest absolute Gasteiger partial charge is 0.492 e. The molecule has 9 heteroatoms. The van der Waals surface area contributed by atoms with Crippen molar-refractivity contribution in [3.63, 3.8) is 0 Å². The number of aliphatic hydroxyl groups is 1.